The molecule has 5 heteroatoms. The Kier molecular flexibility index (Phi) is 5.90. The topological polar surface area (TPSA) is 69.4 Å². The molecule has 0 radical (unpaired) electrons. The van der Waals surface area contributed by atoms with Crippen LogP contribution in [0.25, 0.3) is 0 Å². The highest BCUT2D eigenvalue weighted by Crippen LogP contribution is 2.13. The minimum absolute atomic E-state index is 0.0569. The summed E-state index contributed by atoms with van der Waals surface area (Å²) in [6.07, 6.45) is 2.11. The number of ether oxygens (including phenoxy) is 2. The van der Waals surface area contributed by atoms with E-state index in [2.05, 4.69) is 10.3 Å². The third-order valence-electron chi connectivity index (χ3n) is 2.63. The van der Waals surface area contributed by atoms with Crippen LogP contribution in [0.15, 0.2) is 18.3 Å². The van der Waals surface area contributed by atoms with E-state index in [1.807, 2.05) is 19.1 Å². The normalized spacial score (nSPS) is 12.9. The Hall–Kier alpha value is -1.17. The molecule has 0 saturated carbocycles. The lowest BCUT2D eigenvalue weighted by Crippen LogP contribution is -2.43. The van der Waals surface area contributed by atoms with Crippen LogP contribution in [0.2, 0.25) is 0 Å². The number of likely N-dealkylation sites (N-methyl/N-ethyl adjacent to an activating group) is 1. The highest BCUT2D eigenvalue weighted by Gasteiger charge is 2.21. The van der Waals surface area contributed by atoms with Gasteiger partial charge in [0, 0.05) is 20.4 Å². The largest absolute Gasteiger partial charge is 0.383 e. The van der Waals surface area contributed by atoms with Gasteiger partial charge in [-0.2, -0.15) is 0 Å². The van der Waals surface area contributed by atoms with Crippen LogP contribution in [0.4, 0.5) is 5.82 Å². The van der Waals surface area contributed by atoms with E-state index >= 15 is 0 Å². The summed E-state index contributed by atoms with van der Waals surface area (Å²) in [5.41, 5.74) is 6.83. The summed E-state index contributed by atoms with van der Waals surface area (Å²) >= 11 is 0. The molecule has 0 aliphatic heterocycles. The van der Waals surface area contributed by atoms with Gasteiger partial charge < -0.3 is 20.5 Å². The molecule has 0 spiro atoms. The summed E-state index contributed by atoms with van der Waals surface area (Å²) in [7, 11) is 3.26. The number of pyridine rings is 1. The molecule has 1 aromatic rings. The average molecular weight is 239 g/mol. The molecule has 0 aliphatic carbocycles. The maximum atomic E-state index is 5.83. The minimum Gasteiger partial charge on any atom is -0.383 e. The van der Waals surface area contributed by atoms with Crippen LogP contribution >= 0.6 is 0 Å². The molecule has 5 nitrogen and oxygen atoms in total. The third kappa shape index (κ3) is 3.96. The van der Waals surface area contributed by atoms with E-state index in [-0.39, 0.29) is 12.3 Å². The molecular weight excluding hydrogens is 218 g/mol. The van der Waals surface area contributed by atoms with Gasteiger partial charge in [-0.05, 0) is 24.6 Å². The number of anilines is 1. The van der Waals surface area contributed by atoms with Crippen LogP contribution in [-0.4, -0.2) is 38.1 Å². The average Bonchev–Trinajstić information content (AvgIpc) is 2.34. The lowest BCUT2D eigenvalue weighted by molar-refractivity contribution is -0.122. The number of hydrogen-bond acceptors (Lipinski definition) is 5. The predicted octanol–water partition coefficient (Wildman–Crippen LogP) is 0.803. The monoisotopic (exact) mass is 239 g/mol. The Balaban J connectivity index is 2.75. The van der Waals surface area contributed by atoms with Crippen LogP contribution in [0.5, 0.6) is 0 Å². The van der Waals surface area contributed by atoms with E-state index < -0.39 is 0 Å². The maximum Gasteiger partial charge on any atom is 0.172 e. The first-order valence-electron chi connectivity index (χ1n) is 5.71. The summed E-state index contributed by atoms with van der Waals surface area (Å²) in [6.45, 7) is 2.88. The van der Waals surface area contributed by atoms with Gasteiger partial charge in [0.2, 0.25) is 0 Å². The fourth-order valence-corrected chi connectivity index (χ4v) is 1.81. The Morgan fingerprint density at radius 3 is 2.65 bits per heavy atom. The molecule has 96 valence electrons. The number of hydrogen-bond donors (Lipinski definition) is 2. The van der Waals surface area contributed by atoms with E-state index in [1.54, 1.807) is 20.4 Å². The van der Waals surface area contributed by atoms with Crippen LogP contribution in [0, 0.1) is 0 Å². The zero-order valence-corrected chi connectivity index (χ0v) is 10.6. The predicted molar refractivity (Wildman–Crippen MR) is 67.6 cm³/mol. The number of nitrogen functional groups attached to an aromatic ring is 1. The Labute approximate surface area is 102 Å². The van der Waals surface area contributed by atoms with Crippen molar-refractivity contribution in [1.82, 2.24) is 10.3 Å². The first-order chi connectivity index (χ1) is 8.22. The van der Waals surface area contributed by atoms with Crippen LogP contribution < -0.4 is 11.1 Å². The molecule has 0 aliphatic rings. The van der Waals surface area contributed by atoms with Gasteiger partial charge in [-0.1, -0.05) is 13.0 Å². The van der Waals surface area contributed by atoms with Gasteiger partial charge in [0.15, 0.2) is 6.29 Å². The molecule has 1 rings (SSSR count). The van der Waals surface area contributed by atoms with Crippen molar-refractivity contribution in [3.63, 3.8) is 0 Å². The molecule has 0 saturated heterocycles. The second-order valence-corrected chi connectivity index (χ2v) is 3.76. The molecule has 3 N–H and O–H groups in total. The second-order valence-electron chi connectivity index (χ2n) is 3.76. The van der Waals surface area contributed by atoms with Gasteiger partial charge in [0.1, 0.15) is 5.82 Å². The smallest absolute Gasteiger partial charge is 0.172 e. The van der Waals surface area contributed by atoms with Gasteiger partial charge in [0.05, 0.1) is 6.04 Å². The van der Waals surface area contributed by atoms with E-state index in [9.17, 15) is 0 Å². The SMILES string of the molecule is CCNC(Cc1cccnc1N)C(OC)OC. The summed E-state index contributed by atoms with van der Waals surface area (Å²) in [5.74, 6) is 0.557. The summed E-state index contributed by atoms with van der Waals surface area (Å²) in [5, 5.41) is 3.33. The first kappa shape index (κ1) is 13.9. The number of aromatic nitrogens is 1. The second kappa shape index (κ2) is 7.21. The van der Waals surface area contributed by atoms with Crippen molar-refractivity contribution in [3.8, 4) is 0 Å². The molecule has 1 unspecified atom stereocenters. The number of rotatable bonds is 7. The van der Waals surface area contributed by atoms with Gasteiger partial charge in [0.25, 0.3) is 0 Å². The molecular formula is C12H21N3O2. The van der Waals surface area contributed by atoms with Crippen molar-refractivity contribution < 1.29 is 9.47 Å². The number of nitrogens with two attached hydrogens (primary N) is 1. The fourth-order valence-electron chi connectivity index (χ4n) is 1.81. The number of nitrogens with zero attached hydrogens (tertiary/aromatic N) is 1. The molecule has 1 atom stereocenters. The highest BCUT2D eigenvalue weighted by molar-refractivity contribution is 5.38. The zero-order chi connectivity index (χ0) is 12.7. The van der Waals surface area contributed by atoms with E-state index in [0.29, 0.717) is 5.82 Å². The summed E-state index contributed by atoms with van der Waals surface area (Å²) in [4.78, 5) is 4.07. The third-order valence-corrected chi connectivity index (χ3v) is 2.63. The minimum atomic E-state index is -0.297. The van der Waals surface area contributed by atoms with E-state index in [1.165, 1.54) is 0 Å². The number of nitrogens with one attached hydrogen (secondary N) is 1. The van der Waals surface area contributed by atoms with Gasteiger partial charge in [-0.15, -0.1) is 0 Å². The Bertz CT molecular complexity index is 329. The van der Waals surface area contributed by atoms with E-state index in [0.717, 1.165) is 18.5 Å². The van der Waals surface area contributed by atoms with Crippen molar-refractivity contribution in [2.75, 3.05) is 26.5 Å². The van der Waals surface area contributed by atoms with Gasteiger partial charge in [-0.3, -0.25) is 0 Å². The zero-order valence-electron chi connectivity index (χ0n) is 10.6. The van der Waals surface area contributed by atoms with E-state index in [4.69, 9.17) is 15.2 Å². The molecule has 1 aromatic heterocycles. The number of methoxy groups -OCH3 is 2. The van der Waals surface area contributed by atoms with Crippen LogP contribution in [0.3, 0.4) is 0 Å². The lowest BCUT2D eigenvalue weighted by atomic mass is 10.1. The Morgan fingerprint density at radius 2 is 2.12 bits per heavy atom. The lowest BCUT2D eigenvalue weighted by Gasteiger charge is -2.25. The van der Waals surface area contributed by atoms with Crippen LogP contribution in [0.1, 0.15) is 12.5 Å². The van der Waals surface area contributed by atoms with Crippen molar-refractivity contribution >= 4 is 5.82 Å². The molecule has 0 bridgehead atoms. The van der Waals surface area contributed by atoms with Crippen molar-refractivity contribution in [2.45, 2.75) is 25.7 Å². The first-order valence-corrected chi connectivity index (χ1v) is 5.71. The van der Waals surface area contributed by atoms with Crippen LogP contribution in [-0.2, 0) is 15.9 Å². The summed E-state index contributed by atoms with van der Waals surface area (Å²) < 4.78 is 10.6. The fraction of sp³-hybridized carbons (Fsp3) is 0.583. The van der Waals surface area contributed by atoms with Crippen molar-refractivity contribution in [1.29, 1.82) is 0 Å². The Morgan fingerprint density at radius 1 is 1.41 bits per heavy atom. The molecule has 0 amide bonds. The summed E-state index contributed by atoms with van der Waals surface area (Å²) in [6, 6.07) is 3.90. The van der Waals surface area contributed by atoms with Gasteiger partial charge >= 0.3 is 0 Å². The maximum absolute atomic E-state index is 5.83. The molecule has 17 heavy (non-hydrogen) atoms. The molecule has 0 aromatic carbocycles. The highest BCUT2D eigenvalue weighted by atomic mass is 16.7. The standard InChI is InChI=1S/C12H21N3O2/c1-4-14-10(12(16-2)17-3)8-9-6-5-7-15-11(9)13/h5-7,10,12,14H,4,8H2,1-3H3,(H2,13,15). The molecule has 1 heterocycles. The van der Waals surface area contributed by atoms with Gasteiger partial charge in [-0.25, -0.2) is 4.98 Å². The van der Waals surface area contributed by atoms with Crippen molar-refractivity contribution in [3.05, 3.63) is 23.9 Å². The quantitative estimate of drug-likeness (QED) is 0.689. The molecule has 0 fully saturated rings. The van der Waals surface area contributed by atoms with Crippen molar-refractivity contribution in [2.24, 2.45) is 0 Å².